The zero-order valence-electron chi connectivity index (χ0n) is 11.1. The summed E-state index contributed by atoms with van der Waals surface area (Å²) in [5.74, 6) is 1.51. The van der Waals surface area contributed by atoms with E-state index in [0.717, 1.165) is 18.6 Å². The van der Waals surface area contributed by atoms with Crippen LogP contribution in [0.5, 0.6) is 5.75 Å². The van der Waals surface area contributed by atoms with Crippen LogP contribution in [0.2, 0.25) is 0 Å². The minimum absolute atomic E-state index is 0.136. The van der Waals surface area contributed by atoms with E-state index in [2.05, 4.69) is 26.0 Å². The summed E-state index contributed by atoms with van der Waals surface area (Å²) < 4.78 is 5.46. The van der Waals surface area contributed by atoms with Gasteiger partial charge in [0.05, 0.1) is 7.11 Å². The van der Waals surface area contributed by atoms with E-state index in [4.69, 9.17) is 10.5 Å². The minimum atomic E-state index is 0.136. The summed E-state index contributed by atoms with van der Waals surface area (Å²) in [6.07, 6.45) is 4.54. The van der Waals surface area contributed by atoms with Gasteiger partial charge >= 0.3 is 0 Å². The van der Waals surface area contributed by atoms with Gasteiger partial charge in [0.1, 0.15) is 5.75 Å². The molecule has 0 bridgehead atoms. The third-order valence-electron chi connectivity index (χ3n) is 3.74. The molecule has 0 unspecified atom stereocenters. The molecule has 94 valence electrons. The van der Waals surface area contributed by atoms with Crippen molar-refractivity contribution in [1.82, 2.24) is 0 Å². The van der Waals surface area contributed by atoms with E-state index in [1.54, 1.807) is 7.11 Å². The third kappa shape index (κ3) is 2.81. The van der Waals surface area contributed by atoms with Gasteiger partial charge in [-0.25, -0.2) is 0 Å². The van der Waals surface area contributed by atoms with E-state index >= 15 is 0 Å². The number of hydrogen-bond acceptors (Lipinski definition) is 2. The van der Waals surface area contributed by atoms with Crippen molar-refractivity contribution >= 4 is 0 Å². The second-order valence-corrected chi connectivity index (χ2v) is 5.55. The molecule has 1 aromatic rings. The second kappa shape index (κ2) is 4.69. The van der Waals surface area contributed by atoms with Gasteiger partial charge in [-0.3, -0.25) is 0 Å². The minimum Gasteiger partial charge on any atom is -0.496 e. The van der Waals surface area contributed by atoms with Gasteiger partial charge in [-0.2, -0.15) is 0 Å². The van der Waals surface area contributed by atoms with Gasteiger partial charge in [-0.05, 0) is 48.8 Å². The van der Waals surface area contributed by atoms with Gasteiger partial charge in [-0.15, -0.1) is 0 Å². The number of rotatable bonds is 5. The molecule has 1 saturated carbocycles. The molecule has 0 radical (unpaired) electrons. The van der Waals surface area contributed by atoms with Crippen LogP contribution < -0.4 is 10.5 Å². The fraction of sp³-hybridized carbons (Fsp3) is 0.600. The summed E-state index contributed by atoms with van der Waals surface area (Å²) in [7, 11) is 1.75. The number of aryl methyl sites for hydroxylation is 1. The highest BCUT2D eigenvalue weighted by Crippen LogP contribution is 2.38. The third-order valence-corrected chi connectivity index (χ3v) is 3.74. The van der Waals surface area contributed by atoms with Gasteiger partial charge in [0.25, 0.3) is 0 Å². The van der Waals surface area contributed by atoms with Crippen molar-refractivity contribution in [2.24, 2.45) is 5.73 Å². The Kier molecular flexibility index (Phi) is 3.43. The zero-order valence-corrected chi connectivity index (χ0v) is 11.1. The molecule has 2 rings (SSSR count). The van der Waals surface area contributed by atoms with Crippen LogP contribution in [-0.2, 0) is 6.42 Å². The van der Waals surface area contributed by atoms with Crippen LogP contribution in [0.4, 0.5) is 0 Å². The van der Waals surface area contributed by atoms with Crippen LogP contribution in [0.3, 0.4) is 0 Å². The van der Waals surface area contributed by atoms with Crippen LogP contribution in [0, 0.1) is 0 Å². The molecular weight excluding hydrogens is 210 g/mol. The molecule has 1 aromatic carbocycles. The SMILES string of the molecule is COc1cccc(CCC2(N)CC2)c1C(C)C. The van der Waals surface area contributed by atoms with Crippen molar-refractivity contribution in [3.63, 3.8) is 0 Å². The van der Waals surface area contributed by atoms with Crippen molar-refractivity contribution in [2.75, 3.05) is 7.11 Å². The van der Waals surface area contributed by atoms with E-state index in [-0.39, 0.29) is 5.54 Å². The summed E-state index contributed by atoms with van der Waals surface area (Å²) in [5, 5.41) is 0. The first-order chi connectivity index (χ1) is 8.06. The van der Waals surface area contributed by atoms with Crippen LogP contribution >= 0.6 is 0 Å². The summed E-state index contributed by atoms with van der Waals surface area (Å²) in [4.78, 5) is 0. The molecule has 0 amide bonds. The molecule has 0 atom stereocenters. The molecule has 0 heterocycles. The molecule has 1 aliphatic rings. The molecule has 0 saturated heterocycles. The lowest BCUT2D eigenvalue weighted by Crippen LogP contribution is -2.22. The first kappa shape index (κ1) is 12.4. The predicted octanol–water partition coefficient (Wildman–Crippen LogP) is 3.24. The van der Waals surface area contributed by atoms with Crippen LogP contribution in [0.15, 0.2) is 18.2 Å². The topological polar surface area (TPSA) is 35.2 Å². The van der Waals surface area contributed by atoms with Crippen LogP contribution in [0.1, 0.15) is 50.2 Å². The van der Waals surface area contributed by atoms with Crippen molar-refractivity contribution in [3.8, 4) is 5.75 Å². The number of hydrogen-bond donors (Lipinski definition) is 1. The van der Waals surface area contributed by atoms with Crippen molar-refractivity contribution in [2.45, 2.75) is 51.0 Å². The maximum Gasteiger partial charge on any atom is 0.122 e. The number of benzene rings is 1. The molecule has 2 nitrogen and oxygen atoms in total. The smallest absolute Gasteiger partial charge is 0.122 e. The zero-order chi connectivity index (χ0) is 12.5. The largest absolute Gasteiger partial charge is 0.496 e. The number of methoxy groups -OCH3 is 1. The van der Waals surface area contributed by atoms with E-state index in [9.17, 15) is 0 Å². The molecule has 0 aliphatic heterocycles. The Hall–Kier alpha value is -1.02. The van der Waals surface area contributed by atoms with Crippen molar-refractivity contribution in [1.29, 1.82) is 0 Å². The Labute approximate surface area is 104 Å². The summed E-state index contributed by atoms with van der Waals surface area (Å²) in [6.45, 7) is 4.44. The Morgan fingerprint density at radius 2 is 2.06 bits per heavy atom. The number of ether oxygens (including phenoxy) is 1. The van der Waals surface area contributed by atoms with Crippen molar-refractivity contribution < 1.29 is 4.74 Å². The second-order valence-electron chi connectivity index (χ2n) is 5.55. The highest BCUT2D eigenvalue weighted by molar-refractivity contribution is 5.42. The van der Waals surface area contributed by atoms with Gasteiger partial charge in [0.15, 0.2) is 0 Å². The first-order valence-electron chi connectivity index (χ1n) is 6.50. The molecule has 0 spiro atoms. The average molecular weight is 233 g/mol. The lowest BCUT2D eigenvalue weighted by molar-refractivity contribution is 0.406. The van der Waals surface area contributed by atoms with E-state index < -0.39 is 0 Å². The quantitative estimate of drug-likeness (QED) is 0.847. The maximum absolute atomic E-state index is 6.16. The fourth-order valence-corrected chi connectivity index (χ4v) is 2.43. The Bertz CT molecular complexity index is 394. The lowest BCUT2D eigenvalue weighted by Gasteiger charge is -2.18. The van der Waals surface area contributed by atoms with Gasteiger partial charge in [0.2, 0.25) is 0 Å². The van der Waals surface area contributed by atoms with E-state index in [0.29, 0.717) is 5.92 Å². The molecule has 1 aliphatic carbocycles. The molecule has 2 heteroatoms. The van der Waals surface area contributed by atoms with Gasteiger partial charge < -0.3 is 10.5 Å². The highest BCUT2D eigenvalue weighted by Gasteiger charge is 2.37. The maximum atomic E-state index is 6.16. The number of nitrogens with two attached hydrogens (primary N) is 1. The van der Waals surface area contributed by atoms with Gasteiger partial charge in [-0.1, -0.05) is 26.0 Å². The van der Waals surface area contributed by atoms with Crippen molar-refractivity contribution in [3.05, 3.63) is 29.3 Å². The molecule has 2 N–H and O–H groups in total. The highest BCUT2D eigenvalue weighted by atomic mass is 16.5. The monoisotopic (exact) mass is 233 g/mol. The fourth-order valence-electron chi connectivity index (χ4n) is 2.43. The van der Waals surface area contributed by atoms with Gasteiger partial charge in [0, 0.05) is 5.54 Å². The van der Waals surface area contributed by atoms with E-state index in [1.165, 1.54) is 24.0 Å². The van der Waals surface area contributed by atoms with Crippen LogP contribution in [-0.4, -0.2) is 12.6 Å². The summed E-state index contributed by atoms with van der Waals surface area (Å²) in [6, 6.07) is 6.34. The normalized spacial score (nSPS) is 17.2. The standard InChI is InChI=1S/C15H23NO/c1-11(2)14-12(5-4-6-13(14)17-3)7-8-15(16)9-10-15/h4-6,11H,7-10,16H2,1-3H3. The predicted molar refractivity (Wildman–Crippen MR) is 71.6 cm³/mol. The Balaban J connectivity index is 2.19. The van der Waals surface area contributed by atoms with Crippen LogP contribution in [0.25, 0.3) is 0 Å². The van der Waals surface area contributed by atoms with E-state index in [1.807, 2.05) is 6.07 Å². The molecule has 1 fully saturated rings. The first-order valence-corrected chi connectivity index (χ1v) is 6.50. The summed E-state index contributed by atoms with van der Waals surface area (Å²) in [5.41, 5.74) is 9.04. The molecule has 17 heavy (non-hydrogen) atoms. The molecular formula is C15H23NO. The Morgan fingerprint density at radius 1 is 1.35 bits per heavy atom. The Morgan fingerprint density at radius 3 is 2.59 bits per heavy atom. The lowest BCUT2D eigenvalue weighted by atomic mass is 9.92. The summed E-state index contributed by atoms with van der Waals surface area (Å²) >= 11 is 0. The average Bonchev–Trinajstić information content (AvgIpc) is 3.04. The molecule has 0 aromatic heterocycles.